The van der Waals surface area contributed by atoms with Crippen molar-refractivity contribution in [3.8, 4) is 11.5 Å². The molecular weight excluding hydrogens is 242 g/mol. The van der Waals surface area contributed by atoms with Gasteiger partial charge in [0, 0.05) is 5.56 Å². The van der Waals surface area contributed by atoms with E-state index in [2.05, 4.69) is 25.8 Å². The number of carboxylic acid groups (broad SMARTS) is 1. The molecule has 0 fully saturated rings. The number of oxazole rings is 1. The molecule has 0 aliphatic rings. The molecule has 2 rings (SSSR count). The third-order valence-corrected chi connectivity index (χ3v) is 3.00. The van der Waals surface area contributed by atoms with E-state index >= 15 is 0 Å². The van der Waals surface area contributed by atoms with Crippen molar-refractivity contribution in [1.82, 2.24) is 4.98 Å². The van der Waals surface area contributed by atoms with E-state index in [1.165, 1.54) is 5.56 Å². The zero-order valence-corrected chi connectivity index (χ0v) is 11.5. The summed E-state index contributed by atoms with van der Waals surface area (Å²) in [5.74, 6) is -0.406. The number of rotatable bonds is 2. The average Bonchev–Trinajstić information content (AvgIpc) is 2.70. The monoisotopic (exact) mass is 259 g/mol. The van der Waals surface area contributed by atoms with Gasteiger partial charge in [0.2, 0.25) is 5.89 Å². The van der Waals surface area contributed by atoms with Crippen LogP contribution in [-0.2, 0) is 5.41 Å². The highest BCUT2D eigenvalue weighted by Crippen LogP contribution is 2.26. The second kappa shape index (κ2) is 4.53. The molecule has 0 saturated carbocycles. The Balaban J connectivity index is 2.38. The molecule has 0 aliphatic carbocycles. The predicted octanol–water partition coefficient (Wildman–Crippen LogP) is 3.65. The fraction of sp³-hybridized carbons (Fsp3) is 0.333. The number of aryl methyl sites for hydroxylation is 1. The van der Waals surface area contributed by atoms with Crippen LogP contribution in [0.4, 0.5) is 0 Å². The summed E-state index contributed by atoms with van der Waals surface area (Å²) in [6.45, 7) is 8.02. The van der Waals surface area contributed by atoms with Gasteiger partial charge in [0.25, 0.3) is 0 Å². The van der Waals surface area contributed by atoms with Crippen LogP contribution in [0.25, 0.3) is 11.5 Å². The quantitative estimate of drug-likeness (QED) is 0.894. The van der Waals surface area contributed by atoms with Gasteiger partial charge >= 0.3 is 5.97 Å². The van der Waals surface area contributed by atoms with Crippen molar-refractivity contribution in [2.24, 2.45) is 0 Å². The van der Waals surface area contributed by atoms with Gasteiger partial charge in [-0.3, -0.25) is 0 Å². The molecule has 0 amide bonds. The van der Waals surface area contributed by atoms with E-state index in [9.17, 15) is 4.79 Å². The van der Waals surface area contributed by atoms with Crippen molar-refractivity contribution in [2.75, 3.05) is 0 Å². The molecule has 4 heteroatoms. The van der Waals surface area contributed by atoms with Crippen LogP contribution in [0.2, 0.25) is 0 Å². The molecule has 0 radical (unpaired) electrons. The average molecular weight is 259 g/mol. The molecular formula is C15H17NO3. The molecule has 1 heterocycles. The first-order valence-corrected chi connectivity index (χ1v) is 6.10. The van der Waals surface area contributed by atoms with E-state index in [4.69, 9.17) is 9.52 Å². The molecule has 19 heavy (non-hydrogen) atoms. The first-order valence-electron chi connectivity index (χ1n) is 6.10. The Kier molecular flexibility index (Phi) is 3.18. The van der Waals surface area contributed by atoms with Crippen LogP contribution >= 0.6 is 0 Å². The maximum Gasteiger partial charge on any atom is 0.358 e. The van der Waals surface area contributed by atoms with Crippen LogP contribution in [0, 0.1) is 6.92 Å². The smallest absolute Gasteiger partial charge is 0.358 e. The summed E-state index contributed by atoms with van der Waals surface area (Å²) in [6.07, 6.45) is 0. The fourth-order valence-corrected chi connectivity index (χ4v) is 1.83. The maximum atomic E-state index is 10.9. The third kappa shape index (κ3) is 2.67. The lowest BCUT2D eigenvalue weighted by atomic mass is 9.87. The molecule has 2 aromatic rings. The summed E-state index contributed by atoms with van der Waals surface area (Å²) < 4.78 is 5.40. The first kappa shape index (κ1) is 13.3. The lowest BCUT2D eigenvalue weighted by Crippen LogP contribution is -2.10. The van der Waals surface area contributed by atoms with E-state index in [-0.39, 0.29) is 11.1 Å². The van der Waals surface area contributed by atoms with Gasteiger partial charge in [-0.1, -0.05) is 32.9 Å². The zero-order chi connectivity index (χ0) is 14.2. The van der Waals surface area contributed by atoms with Gasteiger partial charge in [-0.05, 0) is 30.0 Å². The van der Waals surface area contributed by atoms with Crippen molar-refractivity contribution in [2.45, 2.75) is 33.1 Å². The number of aromatic carboxylic acids is 1. The van der Waals surface area contributed by atoms with E-state index in [0.29, 0.717) is 11.7 Å². The molecule has 0 aliphatic heterocycles. The molecule has 1 aromatic carbocycles. The Hall–Kier alpha value is -2.10. The van der Waals surface area contributed by atoms with Crippen LogP contribution in [0.15, 0.2) is 28.7 Å². The van der Waals surface area contributed by atoms with E-state index in [1.54, 1.807) is 6.92 Å². The SMILES string of the molecule is Cc1oc(-c2ccc(C(C)(C)C)cc2)nc1C(=O)O. The summed E-state index contributed by atoms with van der Waals surface area (Å²) in [4.78, 5) is 14.9. The predicted molar refractivity (Wildman–Crippen MR) is 72.3 cm³/mol. The maximum absolute atomic E-state index is 10.9. The lowest BCUT2D eigenvalue weighted by molar-refractivity contribution is 0.0689. The number of benzene rings is 1. The Morgan fingerprint density at radius 1 is 1.21 bits per heavy atom. The van der Waals surface area contributed by atoms with Crippen molar-refractivity contribution in [3.05, 3.63) is 41.3 Å². The van der Waals surface area contributed by atoms with Gasteiger partial charge < -0.3 is 9.52 Å². The van der Waals surface area contributed by atoms with Gasteiger partial charge in [0.05, 0.1) is 0 Å². The minimum atomic E-state index is -1.07. The molecule has 0 unspecified atom stereocenters. The van der Waals surface area contributed by atoms with Crippen LogP contribution in [0.1, 0.15) is 42.6 Å². The van der Waals surface area contributed by atoms with Crippen molar-refractivity contribution < 1.29 is 14.3 Å². The second-order valence-corrected chi connectivity index (χ2v) is 5.56. The van der Waals surface area contributed by atoms with E-state index in [1.807, 2.05) is 24.3 Å². The topological polar surface area (TPSA) is 63.3 Å². The van der Waals surface area contributed by atoms with Gasteiger partial charge in [-0.25, -0.2) is 9.78 Å². The largest absolute Gasteiger partial charge is 0.476 e. The zero-order valence-electron chi connectivity index (χ0n) is 11.5. The van der Waals surface area contributed by atoms with Crippen LogP contribution in [0.5, 0.6) is 0 Å². The third-order valence-electron chi connectivity index (χ3n) is 3.00. The van der Waals surface area contributed by atoms with Crippen LogP contribution < -0.4 is 0 Å². The van der Waals surface area contributed by atoms with Crippen molar-refractivity contribution in [1.29, 1.82) is 0 Å². The molecule has 0 atom stereocenters. The van der Waals surface area contributed by atoms with E-state index < -0.39 is 5.97 Å². The summed E-state index contributed by atoms with van der Waals surface area (Å²) in [5.41, 5.74) is 2.04. The second-order valence-electron chi connectivity index (χ2n) is 5.56. The van der Waals surface area contributed by atoms with Crippen LogP contribution in [-0.4, -0.2) is 16.1 Å². The van der Waals surface area contributed by atoms with Gasteiger partial charge in [0.1, 0.15) is 5.76 Å². The fourth-order valence-electron chi connectivity index (χ4n) is 1.83. The highest BCUT2D eigenvalue weighted by molar-refractivity contribution is 5.87. The highest BCUT2D eigenvalue weighted by Gasteiger charge is 2.18. The Morgan fingerprint density at radius 2 is 1.79 bits per heavy atom. The number of hydrogen-bond acceptors (Lipinski definition) is 3. The summed E-state index contributed by atoms with van der Waals surface area (Å²) in [5, 5.41) is 8.95. The highest BCUT2D eigenvalue weighted by atomic mass is 16.4. The Labute approximate surface area is 112 Å². The number of carbonyl (C=O) groups is 1. The first-order chi connectivity index (χ1) is 8.79. The minimum Gasteiger partial charge on any atom is -0.476 e. The molecule has 0 bridgehead atoms. The molecule has 4 nitrogen and oxygen atoms in total. The number of hydrogen-bond donors (Lipinski definition) is 1. The summed E-state index contributed by atoms with van der Waals surface area (Å²) in [6, 6.07) is 7.82. The molecule has 1 N–H and O–H groups in total. The number of aromatic nitrogens is 1. The normalized spacial score (nSPS) is 11.6. The number of carboxylic acids is 1. The molecule has 0 saturated heterocycles. The molecule has 100 valence electrons. The van der Waals surface area contributed by atoms with E-state index in [0.717, 1.165) is 5.56 Å². The molecule has 1 aromatic heterocycles. The standard InChI is InChI=1S/C15H17NO3/c1-9-12(14(17)18)16-13(19-9)10-5-7-11(8-6-10)15(2,3)4/h5-8H,1-4H3,(H,17,18). The van der Waals surface area contributed by atoms with Gasteiger partial charge in [-0.15, -0.1) is 0 Å². The van der Waals surface area contributed by atoms with Crippen LogP contribution in [0.3, 0.4) is 0 Å². The lowest BCUT2D eigenvalue weighted by Gasteiger charge is -2.18. The Morgan fingerprint density at radius 3 is 2.21 bits per heavy atom. The van der Waals surface area contributed by atoms with Gasteiger partial charge in [-0.2, -0.15) is 0 Å². The summed E-state index contributed by atoms with van der Waals surface area (Å²) >= 11 is 0. The minimum absolute atomic E-state index is 0.0325. The van der Waals surface area contributed by atoms with Crippen molar-refractivity contribution in [3.63, 3.8) is 0 Å². The molecule has 0 spiro atoms. The number of nitrogens with zero attached hydrogens (tertiary/aromatic N) is 1. The Bertz CT molecular complexity index is 603. The van der Waals surface area contributed by atoms with Crippen molar-refractivity contribution >= 4 is 5.97 Å². The van der Waals surface area contributed by atoms with Gasteiger partial charge in [0.15, 0.2) is 5.69 Å². The summed E-state index contributed by atoms with van der Waals surface area (Å²) in [7, 11) is 0.